The molecule has 0 spiro atoms. The first kappa shape index (κ1) is 13.0. The fraction of sp³-hybridized carbons (Fsp3) is 0.571. The molecule has 0 fully saturated rings. The summed E-state index contributed by atoms with van der Waals surface area (Å²) < 4.78 is 5.51. The highest BCUT2D eigenvalue weighted by Gasteiger charge is 2.09. The summed E-state index contributed by atoms with van der Waals surface area (Å²) in [5, 5.41) is 0. The Labute approximate surface area is 98.8 Å². The number of nitrogens with two attached hydrogens (primary N) is 1. The van der Waals surface area contributed by atoms with Gasteiger partial charge in [0, 0.05) is 6.04 Å². The van der Waals surface area contributed by atoms with E-state index in [0.717, 1.165) is 12.2 Å². The third kappa shape index (κ3) is 3.53. The molecule has 0 aliphatic heterocycles. The molecule has 0 saturated carbocycles. The van der Waals surface area contributed by atoms with Crippen molar-refractivity contribution in [3.8, 4) is 5.75 Å². The molecule has 1 unspecified atom stereocenters. The van der Waals surface area contributed by atoms with Gasteiger partial charge in [-0.05, 0) is 43.4 Å². The largest absolute Gasteiger partial charge is 0.494 e. The lowest BCUT2D eigenvalue weighted by Gasteiger charge is -2.16. The lowest BCUT2D eigenvalue weighted by Crippen LogP contribution is -2.13. The van der Waals surface area contributed by atoms with Crippen molar-refractivity contribution in [1.29, 1.82) is 0 Å². The van der Waals surface area contributed by atoms with Crippen LogP contribution in [0.4, 0.5) is 0 Å². The molecule has 0 aliphatic carbocycles. The Hall–Kier alpha value is -1.02. The van der Waals surface area contributed by atoms with Crippen LogP contribution in [-0.4, -0.2) is 6.61 Å². The maximum Gasteiger partial charge on any atom is 0.122 e. The first-order chi connectivity index (χ1) is 7.54. The molecular weight excluding hydrogens is 198 g/mol. The molecule has 0 bridgehead atoms. The van der Waals surface area contributed by atoms with Crippen LogP contribution in [0.1, 0.15) is 44.4 Å². The molecule has 0 aromatic heterocycles. The van der Waals surface area contributed by atoms with E-state index in [4.69, 9.17) is 10.5 Å². The van der Waals surface area contributed by atoms with Crippen molar-refractivity contribution < 1.29 is 4.74 Å². The zero-order valence-electron chi connectivity index (χ0n) is 10.8. The quantitative estimate of drug-likeness (QED) is 0.826. The highest BCUT2D eigenvalue weighted by atomic mass is 16.5. The molecule has 1 atom stereocenters. The summed E-state index contributed by atoms with van der Waals surface area (Å²) in [5.74, 6) is 1.59. The number of aryl methyl sites for hydroxylation is 1. The fourth-order valence-corrected chi connectivity index (χ4v) is 1.86. The molecule has 0 heterocycles. The first-order valence-electron chi connectivity index (χ1n) is 6.03. The normalized spacial score (nSPS) is 12.9. The molecular formula is C14H23NO. The topological polar surface area (TPSA) is 35.2 Å². The average Bonchev–Trinajstić information content (AvgIpc) is 2.20. The minimum atomic E-state index is 0.134. The number of hydrogen-bond donors (Lipinski definition) is 1. The van der Waals surface area contributed by atoms with Crippen LogP contribution in [-0.2, 0) is 0 Å². The van der Waals surface area contributed by atoms with E-state index in [-0.39, 0.29) is 6.04 Å². The SMILES string of the molecule is CCOc1ccc(C(N)CC(C)C)cc1C. The van der Waals surface area contributed by atoms with Crippen molar-refractivity contribution in [2.45, 2.75) is 40.2 Å². The maximum absolute atomic E-state index is 6.15. The number of benzene rings is 1. The minimum absolute atomic E-state index is 0.134. The van der Waals surface area contributed by atoms with Gasteiger partial charge in [0.2, 0.25) is 0 Å². The van der Waals surface area contributed by atoms with Crippen LogP contribution in [0.5, 0.6) is 5.75 Å². The second-order valence-corrected chi connectivity index (χ2v) is 4.69. The van der Waals surface area contributed by atoms with Gasteiger partial charge in [0.25, 0.3) is 0 Å². The Balaban J connectivity index is 2.79. The lowest BCUT2D eigenvalue weighted by atomic mass is 9.96. The van der Waals surface area contributed by atoms with Gasteiger partial charge in [0.1, 0.15) is 5.75 Å². The molecule has 1 aromatic rings. The summed E-state index contributed by atoms with van der Waals surface area (Å²) in [5.41, 5.74) is 8.52. The Morgan fingerprint density at radius 1 is 1.31 bits per heavy atom. The van der Waals surface area contributed by atoms with Gasteiger partial charge < -0.3 is 10.5 Å². The number of ether oxygens (including phenoxy) is 1. The molecule has 2 N–H and O–H groups in total. The van der Waals surface area contributed by atoms with Crippen LogP contribution in [0.15, 0.2) is 18.2 Å². The minimum Gasteiger partial charge on any atom is -0.494 e. The van der Waals surface area contributed by atoms with Gasteiger partial charge in [-0.2, -0.15) is 0 Å². The third-order valence-electron chi connectivity index (χ3n) is 2.65. The Bertz CT molecular complexity index is 334. The Morgan fingerprint density at radius 2 is 2.00 bits per heavy atom. The molecule has 0 radical (unpaired) electrons. The smallest absolute Gasteiger partial charge is 0.122 e. The van der Waals surface area contributed by atoms with Gasteiger partial charge >= 0.3 is 0 Å². The third-order valence-corrected chi connectivity index (χ3v) is 2.65. The number of hydrogen-bond acceptors (Lipinski definition) is 2. The molecule has 0 aliphatic rings. The van der Waals surface area contributed by atoms with E-state index in [1.165, 1.54) is 11.1 Å². The van der Waals surface area contributed by atoms with Crippen LogP contribution < -0.4 is 10.5 Å². The predicted molar refractivity (Wildman–Crippen MR) is 68.7 cm³/mol. The Morgan fingerprint density at radius 3 is 2.50 bits per heavy atom. The molecule has 1 rings (SSSR count). The fourth-order valence-electron chi connectivity index (χ4n) is 1.86. The van der Waals surface area contributed by atoms with Gasteiger partial charge in [-0.1, -0.05) is 26.0 Å². The Kier molecular flexibility index (Phi) is 4.81. The van der Waals surface area contributed by atoms with Crippen molar-refractivity contribution in [2.75, 3.05) is 6.61 Å². The summed E-state index contributed by atoms with van der Waals surface area (Å²) in [6, 6.07) is 6.37. The predicted octanol–water partition coefficient (Wildman–Crippen LogP) is 3.44. The lowest BCUT2D eigenvalue weighted by molar-refractivity contribution is 0.337. The van der Waals surface area contributed by atoms with E-state index >= 15 is 0 Å². The number of rotatable bonds is 5. The van der Waals surface area contributed by atoms with E-state index in [2.05, 4.69) is 32.9 Å². The average molecular weight is 221 g/mol. The van der Waals surface area contributed by atoms with Crippen molar-refractivity contribution in [2.24, 2.45) is 11.7 Å². The van der Waals surface area contributed by atoms with Gasteiger partial charge in [-0.3, -0.25) is 0 Å². The second kappa shape index (κ2) is 5.90. The zero-order chi connectivity index (χ0) is 12.1. The van der Waals surface area contributed by atoms with Crippen molar-refractivity contribution in [1.82, 2.24) is 0 Å². The molecule has 2 nitrogen and oxygen atoms in total. The molecule has 16 heavy (non-hydrogen) atoms. The molecule has 2 heteroatoms. The van der Waals surface area contributed by atoms with E-state index in [1.807, 2.05) is 13.0 Å². The van der Waals surface area contributed by atoms with Crippen molar-refractivity contribution >= 4 is 0 Å². The summed E-state index contributed by atoms with van der Waals surface area (Å²) in [4.78, 5) is 0. The molecule has 0 amide bonds. The van der Waals surface area contributed by atoms with Crippen LogP contribution >= 0.6 is 0 Å². The van der Waals surface area contributed by atoms with Gasteiger partial charge in [0.05, 0.1) is 6.61 Å². The molecule has 1 aromatic carbocycles. The second-order valence-electron chi connectivity index (χ2n) is 4.69. The highest BCUT2D eigenvalue weighted by Crippen LogP contribution is 2.24. The van der Waals surface area contributed by atoms with Crippen LogP contribution in [0.2, 0.25) is 0 Å². The standard InChI is InChI=1S/C14H23NO/c1-5-16-14-7-6-12(9-11(14)4)13(15)8-10(2)3/h6-7,9-10,13H,5,8,15H2,1-4H3. The van der Waals surface area contributed by atoms with Crippen molar-refractivity contribution in [3.05, 3.63) is 29.3 Å². The summed E-state index contributed by atoms with van der Waals surface area (Å²) in [6.07, 6.45) is 1.02. The zero-order valence-corrected chi connectivity index (χ0v) is 10.8. The van der Waals surface area contributed by atoms with Crippen LogP contribution in [0, 0.1) is 12.8 Å². The monoisotopic (exact) mass is 221 g/mol. The summed E-state index contributed by atoms with van der Waals surface area (Å²) in [7, 11) is 0. The summed E-state index contributed by atoms with van der Waals surface area (Å²) >= 11 is 0. The first-order valence-corrected chi connectivity index (χ1v) is 6.03. The van der Waals surface area contributed by atoms with Gasteiger partial charge in [-0.15, -0.1) is 0 Å². The molecule has 90 valence electrons. The van der Waals surface area contributed by atoms with Gasteiger partial charge in [-0.25, -0.2) is 0 Å². The molecule has 0 saturated heterocycles. The van der Waals surface area contributed by atoms with Crippen LogP contribution in [0.3, 0.4) is 0 Å². The van der Waals surface area contributed by atoms with E-state index in [0.29, 0.717) is 12.5 Å². The van der Waals surface area contributed by atoms with E-state index in [9.17, 15) is 0 Å². The van der Waals surface area contributed by atoms with E-state index < -0.39 is 0 Å². The maximum atomic E-state index is 6.15. The van der Waals surface area contributed by atoms with Gasteiger partial charge in [0.15, 0.2) is 0 Å². The van der Waals surface area contributed by atoms with E-state index in [1.54, 1.807) is 0 Å². The summed E-state index contributed by atoms with van der Waals surface area (Å²) in [6.45, 7) is 9.16. The van der Waals surface area contributed by atoms with Crippen molar-refractivity contribution in [3.63, 3.8) is 0 Å². The highest BCUT2D eigenvalue weighted by molar-refractivity contribution is 5.37. The van der Waals surface area contributed by atoms with Crippen LogP contribution in [0.25, 0.3) is 0 Å².